The van der Waals surface area contributed by atoms with Gasteiger partial charge in [0.15, 0.2) is 0 Å². The number of carboxylic acids is 1. The molecule has 1 heterocycles. The predicted octanol–water partition coefficient (Wildman–Crippen LogP) is 0.0652. The molecule has 0 fully saturated rings. The van der Waals surface area contributed by atoms with Crippen LogP contribution in [0, 0.1) is 0 Å². The van der Waals surface area contributed by atoms with Gasteiger partial charge in [-0.2, -0.15) is 16.9 Å². The van der Waals surface area contributed by atoms with Gasteiger partial charge in [0.2, 0.25) is 0 Å². The van der Waals surface area contributed by atoms with E-state index < -0.39 is 12.0 Å². The summed E-state index contributed by atoms with van der Waals surface area (Å²) in [5.74, 6) is 0.145. The van der Waals surface area contributed by atoms with Gasteiger partial charge in [0.25, 0.3) is 0 Å². The summed E-state index contributed by atoms with van der Waals surface area (Å²) in [5.41, 5.74) is 6.28. The average molecular weight is 215 g/mol. The highest BCUT2D eigenvalue weighted by Crippen LogP contribution is 2.10. The fourth-order valence-corrected chi connectivity index (χ4v) is 1.78. The largest absolute Gasteiger partial charge is 0.480 e. The molecule has 0 aliphatic heterocycles. The van der Waals surface area contributed by atoms with Gasteiger partial charge in [0.1, 0.15) is 6.04 Å². The molecule has 0 amide bonds. The number of aliphatic carboxylic acids is 1. The number of hydrogen-bond acceptors (Lipinski definition) is 4. The maximum Gasteiger partial charge on any atom is 0.321 e. The van der Waals surface area contributed by atoms with E-state index in [1.807, 2.05) is 19.3 Å². The third-order valence-electron chi connectivity index (χ3n) is 1.63. The maximum absolute atomic E-state index is 10.4. The van der Waals surface area contributed by atoms with Gasteiger partial charge in [-0.05, 0) is 6.07 Å². The molecular weight excluding hydrogens is 202 g/mol. The molecule has 0 bridgehead atoms. The topological polar surface area (TPSA) is 81.1 Å². The molecule has 0 saturated heterocycles. The lowest BCUT2D eigenvalue weighted by molar-refractivity contribution is -0.137. The third-order valence-corrected chi connectivity index (χ3v) is 2.73. The van der Waals surface area contributed by atoms with Crippen LogP contribution in [0.25, 0.3) is 0 Å². The number of rotatable bonds is 5. The molecule has 0 radical (unpaired) electrons. The molecule has 78 valence electrons. The minimum Gasteiger partial charge on any atom is -0.480 e. The monoisotopic (exact) mass is 215 g/mol. The van der Waals surface area contributed by atoms with Crippen LogP contribution in [0.2, 0.25) is 0 Å². The van der Waals surface area contributed by atoms with Crippen LogP contribution in [-0.4, -0.2) is 32.7 Å². The van der Waals surface area contributed by atoms with Crippen LogP contribution in [0.5, 0.6) is 0 Å². The molecule has 0 aliphatic rings. The molecule has 6 heteroatoms. The van der Waals surface area contributed by atoms with Crippen molar-refractivity contribution in [2.24, 2.45) is 12.8 Å². The first-order chi connectivity index (χ1) is 6.59. The fraction of sp³-hybridized carbons (Fsp3) is 0.500. The van der Waals surface area contributed by atoms with Gasteiger partial charge in [-0.3, -0.25) is 9.48 Å². The quantitative estimate of drug-likeness (QED) is 0.726. The van der Waals surface area contributed by atoms with Crippen molar-refractivity contribution in [1.29, 1.82) is 0 Å². The van der Waals surface area contributed by atoms with Crippen molar-refractivity contribution in [3.05, 3.63) is 18.0 Å². The van der Waals surface area contributed by atoms with Crippen molar-refractivity contribution < 1.29 is 9.90 Å². The minimum absolute atomic E-state index is 0.409. The summed E-state index contributed by atoms with van der Waals surface area (Å²) < 4.78 is 1.72. The highest BCUT2D eigenvalue weighted by Gasteiger charge is 2.10. The zero-order chi connectivity index (χ0) is 10.6. The predicted molar refractivity (Wildman–Crippen MR) is 55.0 cm³/mol. The van der Waals surface area contributed by atoms with Crippen molar-refractivity contribution in [3.8, 4) is 0 Å². The number of thioether (sulfide) groups is 1. The van der Waals surface area contributed by atoms with E-state index in [9.17, 15) is 4.79 Å². The number of aromatic nitrogens is 2. The summed E-state index contributed by atoms with van der Waals surface area (Å²) in [6.07, 6.45) is 1.85. The highest BCUT2D eigenvalue weighted by atomic mass is 32.2. The zero-order valence-electron chi connectivity index (χ0n) is 7.88. The first kappa shape index (κ1) is 11.1. The van der Waals surface area contributed by atoms with Crippen molar-refractivity contribution in [3.63, 3.8) is 0 Å². The van der Waals surface area contributed by atoms with Crippen molar-refractivity contribution >= 4 is 17.7 Å². The lowest BCUT2D eigenvalue weighted by atomic mass is 10.4. The molecule has 5 nitrogen and oxygen atoms in total. The normalized spacial score (nSPS) is 12.7. The van der Waals surface area contributed by atoms with E-state index in [0.29, 0.717) is 11.5 Å². The van der Waals surface area contributed by atoms with E-state index in [2.05, 4.69) is 5.10 Å². The van der Waals surface area contributed by atoms with Crippen molar-refractivity contribution in [1.82, 2.24) is 9.78 Å². The Balaban J connectivity index is 2.25. The van der Waals surface area contributed by atoms with Crippen molar-refractivity contribution in [2.75, 3.05) is 5.75 Å². The van der Waals surface area contributed by atoms with Gasteiger partial charge in [-0.15, -0.1) is 0 Å². The molecule has 0 aliphatic carbocycles. The van der Waals surface area contributed by atoms with Crippen LogP contribution in [0.3, 0.4) is 0 Å². The smallest absolute Gasteiger partial charge is 0.321 e. The first-order valence-electron chi connectivity index (χ1n) is 4.14. The second-order valence-corrected chi connectivity index (χ2v) is 3.97. The number of hydrogen-bond donors (Lipinski definition) is 2. The third kappa shape index (κ3) is 3.39. The highest BCUT2D eigenvalue weighted by molar-refractivity contribution is 7.98. The molecule has 0 spiro atoms. The molecule has 0 saturated carbocycles. The summed E-state index contributed by atoms with van der Waals surface area (Å²) in [7, 11) is 1.84. The summed E-state index contributed by atoms with van der Waals surface area (Å²) in [4.78, 5) is 10.4. The van der Waals surface area contributed by atoms with Gasteiger partial charge >= 0.3 is 5.97 Å². The number of aryl methyl sites for hydroxylation is 1. The van der Waals surface area contributed by atoms with Crippen molar-refractivity contribution in [2.45, 2.75) is 11.8 Å². The number of nitrogens with zero attached hydrogens (tertiary/aromatic N) is 2. The summed E-state index contributed by atoms with van der Waals surface area (Å²) in [5, 5.41) is 12.7. The van der Waals surface area contributed by atoms with Crippen LogP contribution in [0.1, 0.15) is 5.69 Å². The van der Waals surface area contributed by atoms with Crippen LogP contribution < -0.4 is 5.73 Å². The standard InChI is InChI=1S/C8H13N3O2S/c1-11-3-2-6(10-11)4-14-5-7(9)8(12)13/h2-3,7H,4-5,9H2,1H3,(H,12,13)/t7-/m1/s1. The maximum atomic E-state index is 10.4. The molecule has 0 aromatic carbocycles. The Morgan fingerprint density at radius 1 is 1.86 bits per heavy atom. The van der Waals surface area contributed by atoms with Gasteiger partial charge in [0.05, 0.1) is 5.69 Å². The Morgan fingerprint density at radius 2 is 2.57 bits per heavy atom. The fourth-order valence-electron chi connectivity index (χ4n) is 0.902. The molecule has 1 aromatic heterocycles. The summed E-state index contributed by atoms with van der Waals surface area (Å²) in [6.45, 7) is 0. The number of nitrogens with two attached hydrogens (primary N) is 1. The van der Waals surface area contributed by atoms with Gasteiger partial charge < -0.3 is 10.8 Å². The Hall–Kier alpha value is -1.01. The molecule has 3 N–H and O–H groups in total. The Bertz CT molecular complexity index is 313. The SMILES string of the molecule is Cn1ccc(CSC[C@@H](N)C(=O)O)n1. The Morgan fingerprint density at radius 3 is 3.07 bits per heavy atom. The second kappa shape index (κ2) is 5.02. The van der Waals surface area contributed by atoms with E-state index in [1.165, 1.54) is 11.8 Å². The van der Waals surface area contributed by atoms with E-state index in [4.69, 9.17) is 10.8 Å². The van der Waals surface area contributed by atoms with Gasteiger partial charge in [0, 0.05) is 24.8 Å². The molecular formula is C8H13N3O2S. The van der Waals surface area contributed by atoms with Crippen LogP contribution >= 0.6 is 11.8 Å². The first-order valence-corrected chi connectivity index (χ1v) is 5.29. The van der Waals surface area contributed by atoms with E-state index in [1.54, 1.807) is 4.68 Å². The van der Waals surface area contributed by atoms with E-state index in [-0.39, 0.29) is 0 Å². The minimum atomic E-state index is -0.960. The van der Waals surface area contributed by atoms with E-state index in [0.717, 1.165) is 5.69 Å². The molecule has 1 rings (SSSR count). The van der Waals surface area contributed by atoms with E-state index >= 15 is 0 Å². The molecule has 0 unspecified atom stereocenters. The second-order valence-electron chi connectivity index (χ2n) is 2.94. The van der Waals surface area contributed by atoms with Gasteiger partial charge in [-0.25, -0.2) is 0 Å². The number of carboxylic acid groups (broad SMARTS) is 1. The molecule has 1 aromatic rings. The summed E-state index contributed by atoms with van der Waals surface area (Å²) >= 11 is 1.47. The van der Waals surface area contributed by atoms with Gasteiger partial charge in [-0.1, -0.05) is 0 Å². The van der Waals surface area contributed by atoms with Crippen LogP contribution in [0.15, 0.2) is 12.3 Å². The lowest BCUT2D eigenvalue weighted by Gasteiger charge is -2.03. The summed E-state index contributed by atoms with van der Waals surface area (Å²) in [6, 6.07) is 1.11. The lowest BCUT2D eigenvalue weighted by Crippen LogP contribution is -2.32. The Kier molecular flexibility index (Phi) is 3.97. The van der Waals surface area contributed by atoms with Crippen LogP contribution in [0.4, 0.5) is 0 Å². The zero-order valence-corrected chi connectivity index (χ0v) is 8.70. The molecule has 1 atom stereocenters. The van der Waals surface area contributed by atoms with Crippen LogP contribution in [-0.2, 0) is 17.6 Å². The Labute approximate surface area is 86.3 Å². The number of carbonyl (C=O) groups is 1. The molecule has 14 heavy (non-hydrogen) atoms. The average Bonchev–Trinajstić information content (AvgIpc) is 2.51.